The number of fused-ring (bicyclic) bond motifs is 1. The van der Waals surface area contributed by atoms with Crippen molar-refractivity contribution >= 4 is 28.8 Å². The number of nitrogens with zero attached hydrogens (tertiary/aromatic N) is 1. The van der Waals surface area contributed by atoms with Crippen LogP contribution in [-0.2, 0) is 27.3 Å². The largest absolute Gasteiger partial charge is 0.493 e. The Kier molecular flexibility index (Phi) is 7.17. The lowest BCUT2D eigenvalue weighted by molar-refractivity contribution is -0.152. The molecule has 0 bridgehead atoms. The number of carbonyl (C=O) groups excluding carboxylic acids is 2. The van der Waals surface area contributed by atoms with E-state index in [1.54, 1.807) is 13.0 Å². The van der Waals surface area contributed by atoms with Gasteiger partial charge in [-0.2, -0.15) is 0 Å². The van der Waals surface area contributed by atoms with Crippen molar-refractivity contribution in [2.24, 2.45) is 5.92 Å². The third-order valence-corrected chi connectivity index (χ3v) is 5.74. The zero-order valence-electron chi connectivity index (χ0n) is 16.6. The SMILES string of the molecule is COc1cc2c(c(OC)c1OC)CN(C(=O)C(C)CSC(C)=O)C(C(=O)O)C2. The quantitative estimate of drug-likeness (QED) is 0.727. The van der Waals surface area contributed by atoms with E-state index in [-0.39, 0.29) is 24.0 Å². The van der Waals surface area contributed by atoms with E-state index in [1.807, 2.05) is 0 Å². The lowest BCUT2D eigenvalue weighted by Crippen LogP contribution is -2.50. The fourth-order valence-electron chi connectivity index (χ4n) is 3.27. The van der Waals surface area contributed by atoms with Crippen molar-refractivity contribution in [3.05, 3.63) is 17.2 Å². The van der Waals surface area contributed by atoms with Gasteiger partial charge in [-0.3, -0.25) is 9.59 Å². The molecule has 0 aromatic heterocycles. The summed E-state index contributed by atoms with van der Waals surface area (Å²) in [5.74, 6) is -0.346. The van der Waals surface area contributed by atoms with Gasteiger partial charge in [-0.05, 0) is 11.6 Å². The number of hydrogen-bond donors (Lipinski definition) is 1. The van der Waals surface area contributed by atoms with E-state index in [1.165, 1.54) is 33.2 Å². The maximum absolute atomic E-state index is 13.0. The molecule has 28 heavy (non-hydrogen) atoms. The molecule has 0 fully saturated rings. The van der Waals surface area contributed by atoms with Gasteiger partial charge in [0.1, 0.15) is 6.04 Å². The highest BCUT2D eigenvalue weighted by Gasteiger charge is 2.39. The van der Waals surface area contributed by atoms with Crippen molar-refractivity contribution in [3.63, 3.8) is 0 Å². The monoisotopic (exact) mass is 411 g/mol. The number of benzene rings is 1. The second kappa shape index (κ2) is 9.18. The molecule has 0 saturated carbocycles. The molecule has 0 saturated heterocycles. The zero-order valence-corrected chi connectivity index (χ0v) is 17.4. The first-order chi connectivity index (χ1) is 13.2. The lowest BCUT2D eigenvalue weighted by Gasteiger charge is -2.37. The Labute approximate surface area is 168 Å². The lowest BCUT2D eigenvalue weighted by atomic mass is 9.91. The number of carboxylic acids is 1. The summed E-state index contributed by atoms with van der Waals surface area (Å²) in [6.45, 7) is 3.20. The van der Waals surface area contributed by atoms with E-state index < -0.39 is 17.9 Å². The molecule has 2 unspecified atom stereocenters. The van der Waals surface area contributed by atoms with Gasteiger partial charge in [0.25, 0.3) is 0 Å². The van der Waals surface area contributed by atoms with Gasteiger partial charge >= 0.3 is 5.97 Å². The van der Waals surface area contributed by atoms with Crippen LogP contribution in [0.5, 0.6) is 17.2 Å². The molecule has 2 atom stereocenters. The molecular formula is C19H25NO7S. The van der Waals surface area contributed by atoms with Crippen molar-refractivity contribution in [1.29, 1.82) is 0 Å². The highest BCUT2D eigenvalue weighted by Crippen LogP contribution is 2.44. The molecule has 1 aromatic carbocycles. The predicted molar refractivity (Wildman–Crippen MR) is 104 cm³/mol. The molecule has 1 heterocycles. The van der Waals surface area contributed by atoms with Crippen LogP contribution in [0.15, 0.2) is 6.07 Å². The van der Waals surface area contributed by atoms with Crippen molar-refractivity contribution in [3.8, 4) is 17.2 Å². The van der Waals surface area contributed by atoms with Crippen LogP contribution in [0.1, 0.15) is 25.0 Å². The van der Waals surface area contributed by atoms with Gasteiger partial charge < -0.3 is 24.2 Å². The third-order valence-electron chi connectivity index (χ3n) is 4.67. The minimum atomic E-state index is -1.08. The molecule has 1 N–H and O–H groups in total. The smallest absolute Gasteiger partial charge is 0.326 e. The highest BCUT2D eigenvalue weighted by atomic mass is 32.2. The molecule has 1 aliphatic rings. The topological polar surface area (TPSA) is 102 Å². The molecular weight excluding hydrogens is 386 g/mol. The molecule has 1 aliphatic heterocycles. The average molecular weight is 411 g/mol. The molecule has 9 heteroatoms. The Bertz CT molecular complexity index is 780. The third kappa shape index (κ3) is 4.35. The van der Waals surface area contributed by atoms with E-state index in [2.05, 4.69) is 0 Å². The summed E-state index contributed by atoms with van der Waals surface area (Å²) in [5, 5.41) is 9.61. The summed E-state index contributed by atoms with van der Waals surface area (Å²) in [7, 11) is 4.46. The van der Waals surface area contributed by atoms with E-state index >= 15 is 0 Å². The number of methoxy groups -OCH3 is 3. The minimum Gasteiger partial charge on any atom is -0.493 e. The summed E-state index contributed by atoms with van der Waals surface area (Å²) in [4.78, 5) is 37.4. The van der Waals surface area contributed by atoms with Crippen LogP contribution in [0.3, 0.4) is 0 Å². The van der Waals surface area contributed by atoms with E-state index in [0.29, 0.717) is 28.6 Å². The van der Waals surface area contributed by atoms with Crippen LogP contribution in [0.4, 0.5) is 0 Å². The van der Waals surface area contributed by atoms with Crippen LogP contribution in [0.2, 0.25) is 0 Å². The first kappa shape index (κ1) is 21.9. The predicted octanol–water partition coefficient (Wildman–Crippen LogP) is 1.97. The standard InChI is InChI=1S/C19H25NO7S/c1-10(9-28-11(2)21)18(22)20-8-13-12(6-14(20)19(23)24)7-15(25-3)17(27-5)16(13)26-4/h7,10,14H,6,8-9H2,1-5H3,(H,23,24). The second-order valence-corrected chi connectivity index (χ2v) is 7.71. The summed E-state index contributed by atoms with van der Waals surface area (Å²) in [5.41, 5.74) is 1.43. The first-order valence-corrected chi connectivity index (χ1v) is 9.71. The zero-order chi connectivity index (χ0) is 21.0. The van der Waals surface area contributed by atoms with Crippen molar-refractivity contribution in [2.45, 2.75) is 32.9 Å². The summed E-state index contributed by atoms with van der Waals surface area (Å²) in [6, 6.07) is 0.719. The van der Waals surface area contributed by atoms with Crippen molar-refractivity contribution in [1.82, 2.24) is 4.90 Å². The van der Waals surface area contributed by atoms with Gasteiger partial charge in [0.05, 0.1) is 27.9 Å². The van der Waals surface area contributed by atoms with E-state index in [9.17, 15) is 19.5 Å². The van der Waals surface area contributed by atoms with Gasteiger partial charge in [0, 0.05) is 30.6 Å². The number of hydrogen-bond acceptors (Lipinski definition) is 7. The van der Waals surface area contributed by atoms with Gasteiger partial charge in [-0.15, -0.1) is 0 Å². The average Bonchev–Trinajstić information content (AvgIpc) is 2.68. The molecule has 0 radical (unpaired) electrons. The number of carbonyl (C=O) groups is 3. The van der Waals surface area contributed by atoms with Crippen LogP contribution in [0, 0.1) is 5.92 Å². The van der Waals surface area contributed by atoms with Gasteiger partial charge in [0.15, 0.2) is 16.6 Å². The van der Waals surface area contributed by atoms with Crippen LogP contribution in [-0.4, -0.2) is 60.1 Å². The van der Waals surface area contributed by atoms with Crippen LogP contribution < -0.4 is 14.2 Å². The fourth-order valence-corrected chi connectivity index (χ4v) is 3.90. The maximum Gasteiger partial charge on any atom is 0.326 e. The molecule has 0 spiro atoms. The van der Waals surface area contributed by atoms with Gasteiger partial charge in [-0.25, -0.2) is 4.79 Å². The van der Waals surface area contributed by atoms with Crippen LogP contribution in [0.25, 0.3) is 0 Å². The molecule has 1 amide bonds. The number of ether oxygens (including phenoxy) is 3. The first-order valence-electron chi connectivity index (χ1n) is 8.72. The Morgan fingerprint density at radius 2 is 1.86 bits per heavy atom. The van der Waals surface area contributed by atoms with Crippen LogP contribution >= 0.6 is 11.8 Å². The van der Waals surface area contributed by atoms with Crippen molar-refractivity contribution in [2.75, 3.05) is 27.1 Å². The number of thioether (sulfide) groups is 1. The molecule has 1 aromatic rings. The molecule has 0 aliphatic carbocycles. The Morgan fingerprint density at radius 3 is 2.36 bits per heavy atom. The Hall–Kier alpha value is -2.42. The Morgan fingerprint density at radius 1 is 1.21 bits per heavy atom. The maximum atomic E-state index is 13.0. The second-order valence-electron chi connectivity index (χ2n) is 6.51. The molecule has 8 nitrogen and oxygen atoms in total. The molecule has 2 rings (SSSR count). The summed E-state index contributed by atoms with van der Waals surface area (Å²) in [6.07, 6.45) is 0.125. The normalized spacial score (nSPS) is 16.8. The number of aliphatic carboxylic acids is 1. The number of amides is 1. The minimum absolute atomic E-state index is 0.0732. The highest BCUT2D eigenvalue weighted by molar-refractivity contribution is 8.13. The molecule has 154 valence electrons. The number of carboxylic acid groups (broad SMARTS) is 1. The van der Waals surface area contributed by atoms with E-state index in [0.717, 1.165) is 17.3 Å². The van der Waals surface area contributed by atoms with Crippen molar-refractivity contribution < 1.29 is 33.7 Å². The van der Waals surface area contributed by atoms with Gasteiger partial charge in [-0.1, -0.05) is 18.7 Å². The fraction of sp³-hybridized carbons (Fsp3) is 0.526. The van der Waals surface area contributed by atoms with Gasteiger partial charge in [0.2, 0.25) is 11.7 Å². The summed E-state index contributed by atoms with van der Waals surface area (Å²) >= 11 is 1.05. The summed E-state index contributed by atoms with van der Waals surface area (Å²) < 4.78 is 16.2. The van der Waals surface area contributed by atoms with E-state index in [4.69, 9.17) is 14.2 Å². The number of rotatable bonds is 7. The Balaban J connectivity index is 2.45.